The molecule has 0 unspecified atom stereocenters. The van der Waals surface area contributed by atoms with Crippen molar-refractivity contribution in [2.24, 2.45) is 5.92 Å². The summed E-state index contributed by atoms with van der Waals surface area (Å²) in [5.41, 5.74) is 0.0739. The van der Waals surface area contributed by atoms with Crippen LogP contribution in [0.4, 0.5) is 11.5 Å². The molecule has 1 aromatic heterocycles. The summed E-state index contributed by atoms with van der Waals surface area (Å²) in [6.45, 7) is 0.708. The second-order valence-electron chi connectivity index (χ2n) is 4.85. The maximum absolute atomic E-state index is 11.0. The Labute approximate surface area is 111 Å². The van der Waals surface area contributed by atoms with Crippen LogP contribution in [0, 0.1) is 27.4 Å². The largest absolute Gasteiger partial charge is 0.364 e. The van der Waals surface area contributed by atoms with E-state index in [1.54, 1.807) is 0 Å². The van der Waals surface area contributed by atoms with Crippen molar-refractivity contribution in [3.8, 4) is 6.07 Å². The molecule has 2 rings (SSSR count). The maximum Gasteiger partial charge on any atom is 0.312 e. The van der Waals surface area contributed by atoms with E-state index in [9.17, 15) is 10.1 Å². The van der Waals surface area contributed by atoms with Crippen LogP contribution in [0.3, 0.4) is 0 Å². The fourth-order valence-electron chi connectivity index (χ4n) is 2.42. The molecule has 1 heterocycles. The zero-order valence-corrected chi connectivity index (χ0v) is 10.6. The van der Waals surface area contributed by atoms with E-state index < -0.39 is 4.92 Å². The summed E-state index contributed by atoms with van der Waals surface area (Å²) in [7, 11) is 0. The van der Waals surface area contributed by atoms with Gasteiger partial charge >= 0.3 is 5.69 Å². The summed E-state index contributed by atoms with van der Waals surface area (Å²) in [4.78, 5) is 14.4. The molecule has 1 aliphatic carbocycles. The fraction of sp³-hybridized carbons (Fsp3) is 0.538. The Morgan fingerprint density at radius 1 is 1.47 bits per heavy atom. The van der Waals surface area contributed by atoms with Crippen LogP contribution < -0.4 is 5.32 Å². The average Bonchev–Trinajstić information content (AvgIpc) is 2.46. The van der Waals surface area contributed by atoms with Gasteiger partial charge in [0.2, 0.25) is 5.82 Å². The van der Waals surface area contributed by atoms with Gasteiger partial charge < -0.3 is 5.32 Å². The number of nitriles is 1. The van der Waals surface area contributed by atoms with Crippen molar-refractivity contribution in [1.82, 2.24) is 4.98 Å². The minimum atomic E-state index is -0.503. The van der Waals surface area contributed by atoms with Gasteiger partial charge in [-0.3, -0.25) is 10.1 Å². The van der Waals surface area contributed by atoms with Gasteiger partial charge in [0.25, 0.3) is 0 Å². The topological polar surface area (TPSA) is 91.8 Å². The van der Waals surface area contributed by atoms with E-state index in [1.807, 2.05) is 6.07 Å². The molecule has 1 aliphatic rings. The average molecular weight is 260 g/mol. The molecule has 6 nitrogen and oxygen atoms in total. The Hall–Kier alpha value is -2.16. The SMILES string of the molecule is N#Cc1cnc(NCC2CCCCC2)c([N+](=O)[O-])c1. The molecule has 100 valence electrons. The molecule has 6 heteroatoms. The standard InChI is InChI=1S/C13H16N4O2/c14-7-11-6-12(17(18)19)13(16-9-11)15-8-10-4-2-1-3-5-10/h6,9-10H,1-5,8H2,(H,15,16). The highest BCUT2D eigenvalue weighted by Crippen LogP contribution is 2.26. The highest BCUT2D eigenvalue weighted by molar-refractivity contribution is 5.58. The predicted molar refractivity (Wildman–Crippen MR) is 70.7 cm³/mol. The quantitative estimate of drug-likeness (QED) is 0.663. The van der Waals surface area contributed by atoms with Crippen LogP contribution >= 0.6 is 0 Å². The third kappa shape index (κ3) is 3.41. The van der Waals surface area contributed by atoms with Gasteiger partial charge in [0, 0.05) is 18.8 Å². The van der Waals surface area contributed by atoms with Gasteiger partial charge in [0.15, 0.2) is 0 Å². The van der Waals surface area contributed by atoms with Crippen molar-refractivity contribution in [1.29, 1.82) is 5.26 Å². The minimum Gasteiger partial charge on any atom is -0.364 e. The van der Waals surface area contributed by atoms with Gasteiger partial charge in [0.1, 0.15) is 6.07 Å². The Morgan fingerprint density at radius 2 is 2.21 bits per heavy atom. The van der Waals surface area contributed by atoms with Gasteiger partial charge in [0.05, 0.1) is 10.5 Å². The van der Waals surface area contributed by atoms with E-state index in [1.165, 1.54) is 31.5 Å². The van der Waals surface area contributed by atoms with E-state index in [0.717, 1.165) is 12.8 Å². The summed E-state index contributed by atoms with van der Waals surface area (Å²) < 4.78 is 0. The number of nitrogens with one attached hydrogen (secondary N) is 1. The molecular formula is C13H16N4O2. The number of aromatic nitrogens is 1. The second kappa shape index (κ2) is 6.14. The Kier molecular flexibility index (Phi) is 4.29. The summed E-state index contributed by atoms with van der Waals surface area (Å²) in [5, 5.41) is 22.7. The van der Waals surface area contributed by atoms with Gasteiger partial charge in [-0.25, -0.2) is 4.98 Å². The molecule has 19 heavy (non-hydrogen) atoms. The first kappa shape index (κ1) is 13.3. The molecule has 1 N–H and O–H groups in total. The first-order valence-corrected chi connectivity index (χ1v) is 6.49. The van der Waals surface area contributed by atoms with Crippen LogP contribution in [0.1, 0.15) is 37.7 Å². The lowest BCUT2D eigenvalue weighted by molar-refractivity contribution is -0.384. The second-order valence-corrected chi connectivity index (χ2v) is 4.85. The lowest BCUT2D eigenvalue weighted by atomic mass is 9.89. The highest BCUT2D eigenvalue weighted by Gasteiger charge is 2.18. The van der Waals surface area contributed by atoms with Crippen LogP contribution in [0.2, 0.25) is 0 Å². The van der Waals surface area contributed by atoms with Crippen molar-refractivity contribution >= 4 is 11.5 Å². The number of hydrogen-bond donors (Lipinski definition) is 1. The molecular weight excluding hydrogens is 244 g/mol. The van der Waals surface area contributed by atoms with Crippen LogP contribution in [-0.4, -0.2) is 16.5 Å². The van der Waals surface area contributed by atoms with Crippen molar-refractivity contribution < 1.29 is 4.92 Å². The summed E-state index contributed by atoms with van der Waals surface area (Å²) >= 11 is 0. The lowest BCUT2D eigenvalue weighted by Crippen LogP contribution is -2.18. The number of anilines is 1. The third-order valence-electron chi connectivity index (χ3n) is 3.48. The zero-order chi connectivity index (χ0) is 13.7. The lowest BCUT2D eigenvalue weighted by Gasteiger charge is -2.21. The molecule has 1 saturated carbocycles. The Balaban J connectivity index is 2.06. The van der Waals surface area contributed by atoms with E-state index in [-0.39, 0.29) is 17.1 Å². The van der Waals surface area contributed by atoms with Gasteiger partial charge in [-0.2, -0.15) is 5.26 Å². The molecule has 1 aromatic rings. The normalized spacial score (nSPS) is 15.7. The molecule has 0 bridgehead atoms. The van der Waals surface area contributed by atoms with Crippen molar-refractivity contribution in [3.05, 3.63) is 27.9 Å². The highest BCUT2D eigenvalue weighted by atomic mass is 16.6. The van der Waals surface area contributed by atoms with Crippen molar-refractivity contribution in [3.63, 3.8) is 0 Å². The smallest absolute Gasteiger partial charge is 0.312 e. The first-order valence-electron chi connectivity index (χ1n) is 6.49. The van der Waals surface area contributed by atoms with E-state index in [2.05, 4.69) is 10.3 Å². The Morgan fingerprint density at radius 3 is 2.84 bits per heavy atom. The third-order valence-corrected chi connectivity index (χ3v) is 3.48. The number of nitrogens with zero attached hydrogens (tertiary/aromatic N) is 3. The monoisotopic (exact) mass is 260 g/mol. The maximum atomic E-state index is 11.0. The van der Waals surface area contributed by atoms with Crippen LogP contribution in [0.15, 0.2) is 12.3 Å². The predicted octanol–water partition coefficient (Wildman–Crippen LogP) is 2.85. The number of nitro groups is 1. The minimum absolute atomic E-state index is 0.130. The van der Waals surface area contributed by atoms with Crippen molar-refractivity contribution in [2.75, 3.05) is 11.9 Å². The molecule has 0 amide bonds. The molecule has 0 aliphatic heterocycles. The molecule has 0 aromatic carbocycles. The van der Waals surface area contributed by atoms with E-state index >= 15 is 0 Å². The van der Waals surface area contributed by atoms with Crippen LogP contribution in [0.5, 0.6) is 0 Å². The first-order chi connectivity index (χ1) is 9.20. The fourth-order valence-corrected chi connectivity index (χ4v) is 2.42. The number of rotatable bonds is 4. The summed E-state index contributed by atoms with van der Waals surface area (Å²) in [6, 6.07) is 3.12. The molecule has 0 atom stereocenters. The van der Waals surface area contributed by atoms with Gasteiger partial charge in [-0.1, -0.05) is 19.3 Å². The van der Waals surface area contributed by atoms with E-state index in [4.69, 9.17) is 5.26 Å². The zero-order valence-electron chi connectivity index (χ0n) is 10.6. The molecule has 0 radical (unpaired) electrons. The number of pyridine rings is 1. The van der Waals surface area contributed by atoms with Crippen LogP contribution in [-0.2, 0) is 0 Å². The summed E-state index contributed by atoms with van der Waals surface area (Å²) in [5.74, 6) is 0.820. The number of hydrogen-bond acceptors (Lipinski definition) is 5. The van der Waals surface area contributed by atoms with Gasteiger partial charge in [-0.05, 0) is 18.8 Å². The van der Waals surface area contributed by atoms with Gasteiger partial charge in [-0.15, -0.1) is 0 Å². The van der Waals surface area contributed by atoms with Crippen LogP contribution in [0.25, 0.3) is 0 Å². The van der Waals surface area contributed by atoms with Crippen molar-refractivity contribution in [2.45, 2.75) is 32.1 Å². The molecule has 0 spiro atoms. The molecule has 1 fully saturated rings. The Bertz CT molecular complexity index is 504. The summed E-state index contributed by atoms with van der Waals surface area (Å²) in [6.07, 6.45) is 7.43. The molecule has 0 saturated heterocycles. The van der Waals surface area contributed by atoms with E-state index in [0.29, 0.717) is 12.5 Å².